The van der Waals surface area contributed by atoms with Gasteiger partial charge in [0.2, 0.25) is 6.79 Å². The molecule has 2 N–H and O–H groups in total. The fourth-order valence-corrected chi connectivity index (χ4v) is 6.02. The molecular formula is C33H29NO8. The van der Waals surface area contributed by atoms with E-state index in [2.05, 4.69) is 24.0 Å². The lowest BCUT2D eigenvalue weighted by molar-refractivity contribution is -0.142. The highest BCUT2D eigenvalue weighted by Gasteiger charge is 2.48. The van der Waals surface area contributed by atoms with Crippen LogP contribution in [0.1, 0.15) is 63.5 Å². The van der Waals surface area contributed by atoms with Crippen LogP contribution >= 0.6 is 0 Å². The second-order valence-corrected chi connectivity index (χ2v) is 10.3. The molecule has 3 atom stereocenters. The lowest BCUT2D eigenvalue weighted by Crippen LogP contribution is -2.24. The number of ether oxygens (including phenoxy) is 4. The Balaban J connectivity index is 1.51. The summed E-state index contributed by atoms with van der Waals surface area (Å²) in [5, 5.41) is 20.0. The summed E-state index contributed by atoms with van der Waals surface area (Å²) < 4.78 is 22.9. The van der Waals surface area contributed by atoms with E-state index in [9.17, 15) is 19.8 Å². The Morgan fingerprint density at radius 2 is 1.67 bits per heavy atom. The number of rotatable bonds is 9. The summed E-state index contributed by atoms with van der Waals surface area (Å²) in [5.74, 6) is -1.50. The highest BCUT2D eigenvalue weighted by Crippen LogP contribution is 2.56. The van der Waals surface area contributed by atoms with E-state index in [1.54, 1.807) is 19.2 Å². The average Bonchev–Trinajstić information content (AvgIpc) is 3.59. The third-order valence-corrected chi connectivity index (χ3v) is 7.86. The van der Waals surface area contributed by atoms with Crippen molar-refractivity contribution in [1.82, 2.24) is 4.98 Å². The van der Waals surface area contributed by atoms with Crippen molar-refractivity contribution in [3.8, 4) is 28.7 Å². The van der Waals surface area contributed by atoms with Gasteiger partial charge >= 0.3 is 11.9 Å². The number of methoxy groups -OCH3 is 1. The molecule has 6 rings (SSSR count). The van der Waals surface area contributed by atoms with Gasteiger partial charge in [-0.3, -0.25) is 4.79 Å². The fraction of sp³-hybridized carbons (Fsp3) is 0.242. The van der Waals surface area contributed by atoms with E-state index in [1.165, 1.54) is 18.3 Å². The van der Waals surface area contributed by atoms with Crippen LogP contribution in [0.5, 0.6) is 28.7 Å². The maximum Gasteiger partial charge on any atom is 0.354 e. The molecule has 2 aliphatic rings. The molecule has 2 heterocycles. The highest BCUT2D eigenvalue weighted by atomic mass is 16.7. The van der Waals surface area contributed by atoms with Crippen molar-refractivity contribution in [2.75, 3.05) is 13.9 Å². The molecule has 4 aromatic rings. The van der Waals surface area contributed by atoms with E-state index in [0.717, 1.165) is 35.1 Å². The Kier molecular flexibility index (Phi) is 7.16. The molecule has 1 aromatic heterocycles. The van der Waals surface area contributed by atoms with E-state index in [4.69, 9.17) is 18.9 Å². The van der Waals surface area contributed by atoms with Crippen LogP contribution in [0.3, 0.4) is 0 Å². The maximum atomic E-state index is 13.2. The first kappa shape index (κ1) is 27.1. The Labute approximate surface area is 242 Å². The zero-order valence-corrected chi connectivity index (χ0v) is 23.1. The molecule has 9 nitrogen and oxygen atoms in total. The number of carboxylic acids is 2. The summed E-state index contributed by atoms with van der Waals surface area (Å²) in [5.41, 5.74) is 4.36. The number of aromatic nitrogens is 1. The summed E-state index contributed by atoms with van der Waals surface area (Å²) >= 11 is 0. The number of hydrogen-bond acceptors (Lipinski definition) is 7. The van der Waals surface area contributed by atoms with Gasteiger partial charge in [0, 0.05) is 23.5 Å². The SMILES string of the molecule is CCCc1ccc2c(c1)C(c1ccc(OC)cc1Oc1ccc(C(=O)O)nc1)C(C(=O)O)C2c1ccc2c(c1)OCO2. The van der Waals surface area contributed by atoms with Crippen molar-refractivity contribution in [3.63, 3.8) is 0 Å². The fourth-order valence-electron chi connectivity index (χ4n) is 6.02. The number of aryl methyl sites for hydroxylation is 1. The number of nitrogens with zero attached hydrogens (tertiary/aromatic N) is 1. The van der Waals surface area contributed by atoms with Gasteiger partial charge in [0.25, 0.3) is 0 Å². The second kappa shape index (κ2) is 11.1. The van der Waals surface area contributed by atoms with Gasteiger partial charge in [0.1, 0.15) is 22.9 Å². The zero-order chi connectivity index (χ0) is 29.4. The first-order valence-electron chi connectivity index (χ1n) is 13.7. The zero-order valence-electron chi connectivity index (χ0n) is 23.1. The number of pyridine rings is 1. The number of carbonyl (C=O) groups is 2. The van der Waals surface area contributed by atoms with Gasteiger partial charge < -0.3 is 29.2 Å². The minimum absolute atomic E-state index is 0.112. The van der Waals surface area contributed by atoms with Crippen molar-refractivity contribution in [1.29, 1.82) is 0 Å². The van der Waals surface area contributed by atoms with Crippen molar-refractivity contribution in [3.05, 3.63) is 106 Å². The molecule has 3 aromatic carbocycles. The van der Waals surface area contributed by atoms with E-state index in [-0.39, 0.29) is 12.5 Å². The van der Waals surface area contributed by atoms with Crippen molar-refractivity contribution in [2.24, 2.45) is 5.92 Å². The molecule has 42 heavy (non-hydrogen) atoms. The minimum Gasteiger partial charge on any atom is -0.497 e. The minimum atomic E-state index is -1.15. The van der Waals surface area contributed by atoms with Crippen LogP contribution < -0.4 is 18.9 Å². The molecule has 0 saturated heterocycles. The van der Waals surface area contributed by atoms with Crippen LogP contribution in [0.2, 0.25) is 0 Å². The molecule has 0 saturated carbocycles. The Bertz CT molecular complexity index is 1670. The van der Waals surface area contributed by atoms with Crippen LogP contribution in [-0.2, 0) is 11.2 Å². The molecule has 0 spiro atoms. The number of fused-ring (bicyclic) bond motifs is 2. The normalized spacial score (nSPS) is 18.4. The second-order valence-electron chi connectivity index (χ2n) is 10.3. The molecule has 214 valence electrons. The highest BCUT2D eigenvalue weighted by molar-refractivity contribution is 5.85. The van der Waals surface area contributed by atoms with Gasteiger partial charge in [-0.15, -0.1) is 0 Å². The molecule has 0 radical (unpaired) electrons. The molecular weight excluding hydrogens is 538 g/mol. The molecule has 1 aliphatic heterocycles. The Hall–Kier alpha value is -5.05. The third-order valence-electron chi connectivity index (χ3n) is 7.86. The predicted octanol–water partition coefficient (Wildman–Crippen LogP) is 6.24. The van der Waals surface area contributed by atoms with Crippen molar-refractivity contribution >= 4 is 11.9 Å². The standard InChI is InChI=1S/C33H29NO8/c1-3-4-18-5-9-22-24(13-18)30(31(33(37)38)29(22)19-6-12-26-28(14-19)41-17-40-26)23-10-7-20(39-2)15-27(23)42-21-8-11-25(32(35)36)34-16-21/h5-16,29-31H,3-4,17H2,1-2H3,(H,35,36)(H,37,38). The van der Waals surface area contributed by atoms with Gasteiger partial charge in [-0.25, -0.2) is 9.78 Å². The third kappa shape index (κ3) is 4.87. The van der Waals surface area contributed by atoms with Crippen LogP contribution in [0, 0.1) is 5.92 Å². The summed E-state index contributed by atoms with van der Waals surface area (Å²) in [4.78, 5) is 28.4. The first-order chi connectivity index (χ1) is 20.4. The lowest BCUT2D eigenvalue weighted by Gasteiger charge is -2.25. The molecule has 9 heteroatoms. The summed E-state index contributed by atoms with van der Waals surface area (Å²) in [6.07, 6.45) is 3.15. The number of hydrogen-bond donors (Lipinski definition) is 2. The van der Waals surface area contributed by atoms with E-state index >= 15 is 0 Å². The summed E-state index contributed by atoms with van der Waals surface area (Å²) in [7, 11) is 1.54. The summed E-state index contributed by atoms with van der Waals surface area (Å²) in [6.45, 7) is 2.24. The first-order valence-corrected chi connectivity index (χ1v) is 13.7. The number of aliphatic carboxylic acids is 1. The van der Waals surface area contributed by atoms with E-state index < -0.39 is 29.7 Å². The van der Waals surface area contributed by atoms with Crippen LogP contribution in [0.15, 0.2) is 72.9 Å². The quantitative estimate of drug-likeness (QED) is 0.242. The topological polar surface area (TPSA) is 124 Å². The average molecular weight is 568 g/mol. The molecule has 0 amide bonds. The van der Waals surface area contributed by atoms with Gasteiger partial charge in [-0.05, 0) is 59.0 Å². The van der Waals surface area contributed by atoms with Crippen LogP contribution in [-0.4, -0.2) is 41.0 Å². The van der Waals surface area contributed by atoms with Crippen molar-refractivity contribution < 1.29 is 38.7 Å². The number of carboxylic acid groups (broad SMARTS) is 2. The summed E-state index contributed by atoms with van der Waals surface area (Å²) in [6, 6.07) is 20.0. The molecule has 1 aliphatic carbocycles. The predicted molar refractivity (Wildman–Crippen MR) is 152 cm³/mol. The smallest absolute Gasteiger partial charge is 0.354 e. The largest absolute Gasteiger partial charge is 0.497 e. The number of benzene rings is 3. The van der Waals surface area contributed by atoms with E-state index in [1.807, 2.05) is 30.3 Å². The van der Waals surface area contributed by atoms with Crippen LogP contribution in [0.25, 0.3) is 0 Å². The maximum absolute atomic E-state index is 13.2. The number of aromatic carboxylic acids is 1. The Morgan fingerprint density at radius 1 is 0.881 bits per heavy atom. The van der Waals surface area contributed by atoms with Gasteiger partial charge in [-0.1, -0.05) is 43.7 Å². The molecule has 3 unspecified atom stereocenters. The monoisotopic (exact) mass is 567 g/mol. The molecule has 0 bridgehead atoms. The van der Waals surface area contributed by atoms with Gasteiger partial charge in [0.05, 0.1) is 19.2 Å². The van der Waals surface area contributed by atoms with Gasteiger partial charge in [-0.2, -0.15) is 0 Å². The lowest BCUT2D eigenvalue weighted by atomic mass is 9.79. The molecule has 0 fully saturated rings. The van der Waals surface area contributed by atoms with E-state index in [0.29, 0.717) is 34.3 Å². The van der Waals surface area contributed by atoms with Crippen LogP contribution in [0.4, 0.5) is 0 Å². The Morgan fingerprint density at radius 3 is 2.38 bits per heavy atom. The van der Waals surface area contributed by atoms with Gasteiger partial charge in [0.15, 0.2) is 11.5 Å². The van der Waals surface area contributed by atoms with Crippen molar-refractivity contribution in [2.45, 2.75) is 31.6 Å².